The van der Waals surface area contributed by atoms with Crippen molar-refractivity contribution >= 4 is 22.7 Å². The molecule has 2 aromatic rings. The molecular formula is C22H34O8S2. The molecule has 0 N–H and O–H groups in total. The summed E-state index contributed by atoms with van der Waals surface area (Å²) in [7, 11) is 3.30. The molecule has 0 aliphatic carbocycles. The van der Waals surface area contributed by atoms with E-state index in [0.29, 0.717) is 79.3 Å². The third-order valence-corrected chi connectivity index (χ3v) is 6.02. The fourth-order valence-electron chi connectivity index (χ4n) is 2.49. The number of rotatable bonds is 21. The molecule has 0 aromatic carbocycles. The van der Waals surface area contributed by atoms with Gasteiger partial charge in [-0.2, -0.15) is 0 Å². The average Bonchev–Trinajstić information content (AvgIpc) is 3.47. The van der Waals surface area contributed by atoms with Crippen molar-refractivity contribution in [3.8, 4) is 21.3 Å². The van der Waals surface area contributed by atoms with Gasteiger partial charge in [-0.25, -0.2) is 0 Å². The Labute approximate surface area is 198 Å². The largest absolute Gasteiger partial charge is 0.486 e. The fourth-order valence-corrected chi connectivity index (χ4v) is 4.29. The first-order valence-electron chi connectivity index (χ1n) is 10.6. The number of hydrogen-bond acceptors (Lipinski definition) is 10. The van der Waals surface area contributed by atoms with Crippen LogP contribution in [0.3, 0.4) is 0 Å². The number of ether oxygens (including phenoxy) is 8. The quantitative estimate of drug-likeness (QED) is 0.246. The van der Waals surface area contributed by atoms with Gasteiger partial charge in [0, 0.05) is 24.5 Å². The van der Waals surface area contributed by atoms with Crippen LogP contribution in [0.2, 0.25) is 0 Å². The predicted molar refractivity (Wildman–Crippen MR) is 126 cm³/mol. The molecule has 2 rings (SSSR count). The maximum Gasteiger partial charge on any atom is 0.180 e. The highest BCUT2D eigenvalue weighted by atomic mass is 32.1. The van der Waals surface area contributed by atoms with Crippen LogP contribution in [0.5, 0.6) is 11.5 Å². The minimum absolute atomic E-state index is 0.429. The zero-order chi connectivity index (χ0) is 22.7. The Kier molecular flexibility index (Phi) is 15.4. The lowest BCUT2D eigenvalue weighted by Crippen LogP contribution is -2.13. The van der Waals surface area contributed by atoms with Crippen LogP contribution < -0.4 is 9.47 Å². The summed E-state index contributed by atoms with van der Waals surface area (Å²) in [5, 5.41) is 4.03. The zero-order valence-corrected chi connectivity index (χ0v) is 20.5. The second kappa shape index (κ2) is 18.2. The van der Waals surface area contributed by atoms with Crippen molar-refractivity contribution in [3.63, 3.8) is 0 Å². The Bertz CT molecular complexity index is 678. The van der Waals surface area contributed by atoms with Gasteiger partial charge in [0.25, 0.3) is 0 Å². The van der Waals surface area contributed by atoms with Crippen LogP contribution in [-0.2, 0) is 28.4 Å². The monoisotopic (exact) mass is 490 g/mol. The van der Waals surface area contributed by atoms with Crippen LogP contribution in [0.4, 0.5) is 0 Å². The third kappa shape index (κ3) is 11.1. The fraction of sp³-hybridized carbons (Fsp3) is 0.636. The highest BCUT2D eigenvalue weighted by molar-refractivity contribution is 7.20. The van der Waals surface area contributed by atoms with Gasteiger partial charge in [0.15, 0.2) is 11.5 Å². The predicted octanol–water partition coefficient (Wildman–Crippen LogP) is 3.59. The highest BCUT2D eigenvalue weighted by Crippen LogP contribution is 2.45. The molecule has 182 valence electrons. The summed E-state index contributed by atoms with van der Waals surface area (Å²) in [5.41, 5.74) is 0. The molecule has 2 aromatic heterocycles. The Morgan fingerprint density at radius 2 is 1.16 bits per heavy atom. The van der Waals surface area contributed by atoms with Gasteiger partial charge in [0.05, 0.1) is 70.9 Å². The standard InChI is InChI=1S/C22H34O8S2/c1-23-5-7-25-9-11-27-13-15-29-19-18-32-22(20-4-3-17-31-20)21(19)30-16-14-28-12-10-26-8-6-24-2/h3-4,17-18H,5-16H2,1-2H3. The molecule has 8 nitrogen and oxygen atoms in total. The molecule has 0 aliphatic heterocycles. The smallest absolute Gasteiger partial charge is 0.180 e. The van der Waals surface area contributed by atoms with Gasteiger partial charge < -0.3 is 37.9 Å². The molecule has 0 saturated heterocycles. The zero-order valence-electron chi connectivity index (χ0n) is 18.9. The van der Waals surface area contributed by atoms with Gasteiger partial charge in [-0.1, -0.05) is 6.07 Å². The Morgan fingerprint density at radius 1 is 0.625 bits per heavy atom. The van der Waals surface area contributed by atoms with Gasteiger partial charge in [-0.3, -0.25) is 0 Å². The summed E-state index contributed by atoms with van der Waals surface area (Å²) in [6.07, 6.45) is 0. The lowest BCUT2D eigenvalue weighted by Gasteiger charge is -2.12. The van der Waals surface area contributed by atoms with Crippen LogP contribution >= 0.6 is 22.7 Å². The van der Waals surface area contributed by atoms with E-state index in [0.717, 1.165) is 21.3 Å². The van der Waals surface area contributed by atoms with Crippen molar-refractivity contribution in [2.75, 3.05) is 93.5 Å². The summed E-state index contributed by atoms with van der Waals surface area (Å²) >= 11 is 3.28. The Hall–Kier alpha value is -1.24. The molecule has 0 bridgehead atoms. The molecule has 0 radical (unpaired) electrons. The van der Waals surface area contributed by atoms with Gasteiger partial charge >= 0.3 is 0 Å². The van der Waals surface area contributed by atoms with Gasteiger partial charge in [0.1, 0.15) is 13.2 Å². The van der Waals surface area contributed by atoms with Crippen molar-refractivity contribution in [1.29, 1.82) is 0 Å². The number of thiophene rings is 2. The van der Waals surface area contributed by atoms with E-state index in [1.165, 1.54) is 0 Å². The Balaban J connectivity index is 1.70. The first-order valence-corrected chi connectivity index (χ1v) is 12.3. The van der Waals surface area contributed by atoms with Crippen molar-refractivity contribution < 1.29 is 37.9 Å². The van der Waals surface area contributed by atoms with Gasteiger partial charge in [-0.15, -0.1) is 22.7 Å². The SMILES string of the molecule is COCCOCCOCCOc1csc(-c2cccs2)c1OCCOCCOCCOC. The van der Waals surface area contributed by atoms with Crippen molar-refractivity contribution in [2.45, 2.75) is 0 Å². The topological polar surface area (TPSA) is 73.8 Å². The molecule has 0 atom stereocenters. The van der Waals surface area contributed by atoms with E-state index in [-0.39, 0.29) is 0 Å². The second-order valence-corrected chi connectivity index (χ2v) is 8.19. The molecule has 0 spiro atoms. The molecule has 2 heterocycles. The van der Waals surface area contributed by atoms with Crippen molar-refractivity contribution in [3.05, 3.63) is 22.9 Å². The maximum absolute atomic E-state index is 6.04. The molecule has 0 aliphatic rings. The van der Waals surface area contributed by atoms with Gasteiger partial charge in [-0.05, 0) is 11.4 Å². The maximum atomic E-state index is 6.04. The van der Waals surface area contributed by atoms with Crippen LogP contribution in [0.15, 0.2) is 22.9 Å². The first-order chi connectivity index (χ1) is 15.9. The van der Waals surface area contributed by atoms with Crippen LogP contribution in [-0.4, -0.2) is 93.5 Å². The first kappa shape index (κ1) is 27.0. The molecule has 0 amide bonds. The molecule has 0 unspecified atom stereocenters. The van der Waals surface area contributed by atoms with Crippen LogP contribution in [0.25, 0.3) is 9.75 Å². The van der Waals surface area contributed by atoms with Crippen LogP contribution in [0, 0.1) is 0 Å². The van der Waals surface area contributed by atoms with Gasteiger partial charge in [0.2, 0.25) is 0 Å². The summed E-state index contributed by atoms with van der Waals surface area (Å²) in [5.74, 6) is 1.47. The molecular weight excluding hydrogens is 456 g/mol. The minimum Gasteiger partial charge on any atom is -0.486 e. The van der Waals surface area contributed by atoms with E-state index in [1.54, 1.807) is 36.9 Å². The van der Waals surface area contributed by atoms with Crippen LogP contribution in [0.1, 0.15) is 0 Å². The molecule has 10 heteroatoms. The molecule has 0 saturated carbocycles. The van der Waals surface area contributed by atoms with E-state index >= 15 is 0 Å². The summed E-state index contributed by atoms with van der Waals surface area (Å²) < 4.78 is 43.7. The van der Waals surface area contributed by atoms with E-state index in [1.807, 2.05) is 11.4 Å². The molecule has 0 fully saturated rings. The normalized spacial score (nSPS) is 11.2. The summed E-state index contributed by atoms with van der Waals surface area (Å²) in [4.78, 5) is 2.21. The van der Waals surface area contributed by atoms with Crippen molar-refractivity contribution in [2.24, 2.45) is 0 Å². The number of hydrogen-bond donors (Lipinski definition) is 0. The summed E-state index contributed by atoms with van der Waals surface area (Å²) in [6.45, 7) is 6.24. The minimum atomic E-state index is 0.429. The van der Waals surface area contributed by atoms with E-state index < -0.39 is 0 Å². The average molecular weight is 491 g/mol. The van der Waals surface area contributed by atoms with E-state index in [9.17, 15) is 0 Å². The second-order valence-electron chi connectivity index (χ2n) is 6.37. The molecule has 32 heavy (non-hydrogen) atoms. The highest BCUT2D eigenvalue weighted by Gasteiger charge is 2.17. The lowest BCUT2D eigenvalue weighted by molar-refractivity contribution is 0.0161. The Morgan fingerprint density at radius 3 is 1.69 bits per heavy atom. The lowest BCUT2D eigenvalue weighted by atomic mass is 10.3. The summed E-state index contributed by atoms with van der Waals surface area (Å²) in [6, 6.07) is 4.10. The van der Waals surface area contributed by atoms with Crippen molar-refractivity contribution in [1.82, 2.24) is 0 Å². The van der Waals surface area contributed by atoms with E-state index in [2.05, 4.69) is 11.4 Å². The number of methoxy groups -OCH3 is 2. The third-order valence-electron chi connectivity index (χ3n) is 4.03. The van der Waals surface area contributed by atoms with E-state index in [4.69, 9.17) is 37.9 Å².